The van der Waals surface area contributed by atoms with Crippen LogP contribution in [0.1, 0.15) is 48.1 Å². The minimum atomic E-state index is 0.187. The molecule has 36 heavy (non-hydrogen) atoms. The molecule has 0 aromatic heterocycles. The number of rotatable bonds is 12. The molecule has 0 amide bonds. The fourth-order valence-corrected chi connectivity index (χ4v) is 4.87. The first kappa shape index (κ1) is 27.3. The number of hydrogen-bond acceptors (Lipinski definition) is 5. The minimum Gasteiger partial charge on any atom is -0.363 e. The zero-order chi connectivity index (χ0) is 25.9. The molecular weight excluding hydrogens is 444 g/mol. The second-order valence-corrected chi connectivity index (χ2v) is 9.66. The molecule has 2 aromatic carbocycles. The molecule has 190 valence electrons. The molecule has 1 aliphatic rings. The van der Waals surface area contributed by atoms with Gasteiger partial charge in [-0.15, -0.1) is 0 Å². The highest BCUT2D eigenvalue weighted by Crippen LogP contribution is 2.26. The second-order valence-electron chi connectivity index (χ2n) is 9.66. The van der Waals surface area contributed by atoms with Gasteiger partial charge in [-0.05, 0) is 50.0 Å². The van der Waals surface area contributed by atoms with Crippen molar-refractivity contribution in [2.45, 2.75) is 53.8 Å². The number of hydrogen-bond donors (Lipinski definition) is 1. The first-order valence-electron chi connectivity index (χ1n) is 13.1. The Kier molecular flexibility index (Phi) is 10.4. The largest absolute Gasteiger partial charge is 0.363 e. The van der Waals surface area contributed by atoms with Crippen LogP contribution in [0.25, 0.3) is 4.85 Å². The zero-order valence-corrected chi connectivity index (χ0v) is 22.3. The van der Waals surface area contributed by atoms with Gasteiger partial charge in [-0.3, -0.25) is 4.90 Å². The average Bonchev–Trinajstić information content (AvgIpc) is 3.25. The van der Waals surface area contributed by atoms with E-state index in [1.165, 1.54) is 27.8 Å². The average molecular weight is 485 g/mol. The van der Waals surface area contributed by atoms with E-state index in [0.717, 1.165) is 64.6 Å². The van der Waals surface area contributed by atoms with Crippen LogP contribution in [0.2, 0.25) is 0 Å². The molecule has 1 aliphatic heterocycles. The summed E-state index contributed by atoms with van der Waals surface area (Å²) in [5, 5.41) is 13.1. The van der Waals surface area contributed by atoms with E-state index in [4.69, 9.17) is 6.57 Å². The maximum absolute atomic E-state index is 9.70. The summed E-state index contributed by atoms with van der Waals surface area (Å²) >= 11 is 0. The van der Waals surface area contributed by atoms with E-state index in [1.54, 1.807) is 0 Å². The van der Waals surface area contributed by atoms with Crippen LogP contribution in [0, 0.1) is 31.8 Å². The Morgan fingerprint density at radius 1 is 1.03 bits per heavy atom. The molecule has 0 spiro atoms. The Balaban J connectivity index is 1.64. The minimum absolute atomic E-state index is 0.187. The van der Waals surface area contributed by atoms with Gasteiger partial charge in [0.05, 0.1) is 12.6 Å². The number of nitrogens with zero attached hydrogens (tertiary/aromatic N) is 5. The van der Waals surface area contributed by atoms with Gasteiger partial charge in [-0.25, -0.2) is 10.1 Å². The number of allylic oxidation sites excluding steroid dienone is 1. The molecule has 1 saturated heterocycles. The summed E-state index contributed by atoms with van der Waals surface area (Å²) in [5.74, 6) is 0.784. The van der Waals surface area contributed by atoms with E-state index in [9.17, 15) is 5.26 Å². The zero-order valence-electron chi connectivity index (χ0n) is 22.3. The standard InChI is InChI=1S/C30H40N6/c1-6-12-33-21-26-8-10-27(11-9-26)22-34(7-2)13-14-35-15-16-36(30(35)29(20-31)32-5)23-28-18-24(3)17-25(4)19-28/h8-11,17-19,33H,6-7,12-16,21-23H2,1-4H3. The van der Waals surface area contributed by atoms with Gasteiger partial charge in [0, 0.05) is 45.8 Å². The van der Waals surface area contributed by atoms with E-state index in [0.29, 0.717) is 6.54 Å². The summed E-state index contributed by atoms with van der Waals surface area (Å²) in [6, 6.07) is 17.6. The highest BCUT2D eigenvalue weighted by atomic mass is 15.4. The molecule has 6 nitrogen and oxygen atoms in total. The van der Waals surface area contributed by atoms with Crippen LogP contribution < -0.4 is 5.32 Å². The van der Waals surface area contributed by atoms with E-state index in [1.807, 2.05) is 0 Å². The Morgan fingerprint density at radius 2 is 1.69 bits per heavy atom. The van der Waals surface area contributed by atoms with Crippen LogP contribution in [0.3, 0.4) is 0 Å². The molecule has 1 fully saturated rings. The van der Waals surface area contributed by atoms with E-state index in [-0.39, 0.29) is 5.70 Å². The molecule has 0 unspecified atom stereocenters. The SMILES string of the molecule is [C-]#[N+]C(C#N)=C1N(CCN(CC)Cc2ccc(CNCCC)cc2)CCN1Cc1cc(C)cc(C)c1. The summed E-state index contributed by atoms with van der Waals surface area (Å²) in [5.41, 5.74) is 6.50. The molecule has 0 aliphatic carbocycles. The van der Waals surface area contributed by atoms with Crippen LogP contribution in [0.15, 0.2) is 54.0 Å². The maximum Gasteiger partial charge on any atom is 0.300 e. The van der Waals surface area contributed by atoms with Crippen molar-refractivity contribution in [1.82, 2.24) is 20.0 Å². The summed E-state index contributed by atoms with van der Waals surface area (Å²) in [7, 11) is 0. The Bertz CT molecular complexity index is 1070. The third-order valence-electron chi connectivity index (χ3n) is 6.64. The lowest BCUT2D eigenvalue weighted by Crippen LogP contribution is -2.34. The predicted molar refractivity (Wildman–Crippen MR) is 147 cm³/mol. The molecule has 0 saturated carbocycles. The van der Waals surface area contributed by atoms with Crippen molar-refractivity contribution < 1.29 is 0 Å². The van der Waals surface area contributed by atoms with Crippen LogP contribution in [0.5, 0.6) is 0 Å². The molecule has 0 atom stereocenters. The lowest BCUT2D eigenvalue weighted by molar-refractivity contribution is 0.234. The summed E-state index contributed by atoms with van der Waals surface area (Å²) < 4.78 is 0. The van der Waals surface area contributed by atoms with Gasteiger partial charge in [0.2, 0.25) is 0 Å². The smallest absolute Gasteiger partial charge is 0.300 e. The van der Waals surface area contributed by atoms with Crippen molar-refractivity contribution in [3.05, 3.63) is 93.2 Å². The fraction of sp³-hybridized carbons (Fsp3) is 0.467. The lowest BCUT2D eigenvalue weighted by atomic mass is 10.1. The van der Waals surface area contributed by atoms with Crippen molar-refractivity contribution in [1.29, 1.82) is 5.26 Å². The van der Waals surface area contributed by atoms with Gasteiger partial charge in [0.1, 0.15) is 5.82 Å². The van der Waals surface area contributed by atoms with Crippen LogP contribution in [-0.2, 0) is 19.6 Å². The first-order valence-corrected chi connectivity index (χ1v) is 13.1. The van der Waals surface area contributed by atoms with E-state index in [2.05, 4.69) is 101 Å². The molecular formula is C30H40N6. The summed E-state index contributed by atoms with van der Waals surface area (Å²) in [4.78, 5) is 10.4. The van der Waals surface area contributed by atoms with Crippen molar-refractivity contribution >= 4 is 0 Å². The first-order chi connectivity index (χ1) is 17.5. The molecule has 1 N–H and O–H groups in total. The molecule has 3 rings (SSSR count). The highest BCUT2D eigenvalue weighted by Gasteiger charge is 2.28. The van der Waals surface area contributed by atoms with Crippen molar-refractivity contribution in [3.63, 3.8) is 0 Å². The Labute approximate surface area is 217 Å². The number of aryl methyl sites for hydroxylation is 2. The molecule has 6 heteroatoms. The summed E-state index contributed by atoms with van der Waals surface area (Å²) in [6.07, 6.45) is 1.15. The fourth-order valence-electron chi connectivity index (χ4n) is 4.87. The normalized spacial score (nSPS) is 14.8. The van der Waals surface area contributed by atoms with Gasteiger partial charge < -0.3 is 15.1 Å². The third-order valence-corrected chi connectivity index (χ3v) is 6.64. The monoisotopic (exact) mass is 484 g/mol. The van der Waals surface area contributed by atoms with Gasteiger partial charge >= 0.3 is 5.70 Å². The van der Waals surface area contributed by atoms with Crippen molar-refractivity contribution in [2.24, 2.45) is 0 Å². The Hall–Kier alpha value is -3.32. The topological polar surface area (TPSA) is 49.9 Å². The molecule has 0 radical (unpaired) electrons. The molecule has 2 aromatic rings. The predicted octanol–water partition coefficient (Wildman–Crippen LogP) is 5.05. The van der Waals surface area contributed by atoms with Crippen molar-refractivity contribution in [2.75, 3.05) is 39.3 Å². The van der Waals surface area contributed by atoms with Gasteiger partial charge in [0.25, 0.3) is 0 Å². The van der Waals surface area contributed by atoms with Gasteiger partial charge in [-0.2, -0.15) is 0 Å². The maximum atomic E-state index is 9.70. The quantitative estimate of drug-likeness (QED) is 0.259. The number of benzene rings is 2. The number of nitriles is 1. The van der Waals surface area contributed by atoms with E-state index >= 15 is 0 Å². The summed E-state index contributed by atoms with van der Waals surface area (Å²) in [6.45, 7) is 24.0. The molecule has 1 heterocycles. The Morgan fingerprint density at radius 3 is 2.31 bits per heavy atom. The van der Waals surface area contributed by atoms with Crippen LogP contribution in [0.4, 0.5) is 0 Å². The van der Waals surface area contributed by atoms with Gasteiger partial charge in [-0.1, -0.05) is 67.4 Å². The van der Waals surface area contributed by atoms with Crippen LogP contribution >= 0.6 is 0 Å². The number of likely N-dealkylation sites (N-methyl/N-ethyl adjacent to an activating group) is 1. The van der Waals surface area contributed by atoms with E-state index < -0.39 is 0 Å². The number of nitrogens with one attached hydrogen (secondary N) is 1. The van der Waals surface area contributed by atoms with Gasteiger partial charge in [0.15, 0.2) is 0 Å². The lowest BCUT2D eigenvalue weighted by Gasteiger charge is -2.28. The van der Waals surface area contributed by atoms with Crippen molar-refractivity contribution in [3.8, 4) is 6.07 Å². The molecule has 0 bridgehead atoms. The highest BCUT2D eigenvalue weighted by molar-refractivity contribution is 5.35. The second kappa shape index (κ2) is 13.7. The third kappa shape index (κ3) is 7.59. The van der Waals surface area contributed by atoms with Crippen LogP contribution in [-0.4, -0.2) is 54.0 Å².